The first-order valence-electron chi connectivity index (χ1n) is 9.97. The number of anilines is 1. The van der Waals surface area contributed by atoms with Crippen molar-refractivity contribution in [1.82, 2.24) is 14.8 Å². The molecule has 8 heteroatoms. The number of hydrogen-bond acceptors (Lipinski definition) is 5. The molecule has 0 amide bonds. The number of halogens is 1. The summed E-state index contributed by atoms with van der Waals surface area (Å²) in [5.74, 6) is 1.18. The van der Waals surface area contributed by atoms with Gasteiger partial charge in [0.05, 0.1) is 34.8 Å². The minimum absolute atomic E-state index is 0.233. The van der Waals surface area contributed by atoms with Crippen molar-refractivity contribution < 1.29 is 9.53 Å². The Morgan fingerprint density at radius 3 is 2.67 bits per heavy atom. The number of H-pyrrole nitrogens is 1. The molecule has 2 heterocycles. The molecule has 0 saturated heterocycles. The summed E-state index contributed by atoms with van der Waals surface area (Å²) in [5.41, 5.74) is 9.11. The highest BCUT2D eigenvalue weighted by atomic mass is 79.9. The van der Waals surface area contributed by atoms with Gasteiger partial charge in [0.25, 0.3) is 0 Å². The maximum absolute atomic E-state index is 13.1. The molecule has 7 nitrogen and oxygen atoms in total. The summed E-state index contributed by atoms with van der Waals surface area (Å²) < 4.78 is 8.25. The van der Waals surface area contributed by atoms with Crippen LogP contribution in [0.2, 0.25) is 0 Å². The number of aromatic amines is 1. The Morgan fingerprint density at radius 1 is 1.06 bits per heavy atom. The van der Waals surface area contributed by atoms with Crippen LogP contribution in [0.4, 0.5) is 5.82 Å². The molecule has 0 aliphatic carbocycles. The van der Waals surface area contributed by atoms with E-state index in [0.717, 1.165) is 15.4 Å². The smallest absolute Gasteiger partial charge is 0.214 e. The highest BCUT2D eigenvalue weighted by Crippen LogP contribution is 2.27. The van der Waals surface area contributed by atoms with E-state index in [9.17, 15) is 4.79 Å². The molecule has 0 unspecified atom stereocenters. The van der Waals surface area contributed by atoms with Crippen LogP contribution in [0, 0.1) is 11.3 Å². The molecule has 0 radical (unpaired) electrons. The second kappa shape index (κ2) is 8.30. The van der Waals surface area contributed by atoms with Gasteiger partial charge in [0.15, 0.2) is 0 Å². The molecule has 0 bridgehead atoms. The number of nitrogens with two attached hydrogens (primary N) is 1. The zero-order chi connectivity index (χ0) is 22.9. The molecule has 0 spiro atoms. The van der Waals surface area contributed by atoms with E-state index in [1.54, 1.807) is 54.6 Å². The van der Waals surface area contributed by atoms with E-state index in [4.69, 9.17) is 15.7 Å². The lowest BCUT2D eigenvalue weighted by Crippen LogP contribution is -2.07. The first-order valence-corrected chi connectivity index (χ1v) is 10.8. The molecule has 0 fully saturated rings. The van der Waals surface area contributed by atoms with Crippen molar-refractivity contribution in [2.45, 2.75) is 0 Å². The summed E-state index contributed by atoms with van der Waals surface area (Å²) in [6.07, 6.45) is 1.47. The van der Waals surface area contributed by atoms with Gasteiger partial charge in [0.1, 0.15) is 17.3 Å². The average molecular weight is 498 g/mol. The Bertz CT molecular complexity index is 1540. The number of hydrogen-bond donors (Lipinski definition) is 2. The van der Waals surface area contributed by atoms with Gasteiger partial charge >= 0.3 is 0 Å². The summed E-state index contributed by atoms with van der Waals surface area (Å²) in [6, 6.07) is 23.7. The third-order valence-corrected chi connectivity index (χ3v) is 5.65. The molecule has 0 atom stereocenters. The van der Waals surface area contributed by atoms with E-state index in [1.807, 2.05) is 18.2 Å². The molecular formula is C25H16BrN5O2. The zero-order valence-corrected chi connectivity index (χ0v) is 18.7. The second-order valence-corrected chi connectivity index (χ2v) is 8.25. The Morgan fingerprint density at radius 2 is 1.88 bits per heavy atom. The Kier molecular flexibility index (Phi) is 5.17. The number of rotatable bonds is 5. The SMILES string of the molecule is N#Cc1cccc(Oc2ccc(-n3ncc(C(=O)c4cc5cc(Br)ccc5[nH]4)c3N)cc2)c1. The topological polar surface area (TPSA) is 110 Å². The molecule has 160 valence electrons. The summed E-state index contributed by atoms with van der Waals surface area (Å²) in [7, 11) is 0. The maximum atomic E-state index is 13.1. The predicted molar refractivity (Wildman–Crippen MR) is 129 cm³/mol. The molecule has 0 aliphatic rings. The first kappa shape index (κ1) is 20.5. The van der Waals surface area contributed by atoms with Gasteiger partial charge in [-0.3, -0.25) is 4.79 Å². The minimum Gasteiger partial charge on any atom is -0.457 e. The van der Waals surface area contributed by atoms with Crippen molar-refractivity contribution >= 4 is 38.4 Å². The van der Waals surface area contributed by atoms with Crippen LogP contribution in [0.5, 0.6) is 11.5 Å². The van der Waals surface area contributed by atoms with E-state index in [0.29, 0.717) is 34.0 Å². The van der Waals surface area contributed by atoms with Crippen LogP contribution < -0.4 is 10.5 Å². The number of aromatic nitrogens is 3. The lowest BCUT2D eigenvalue weighted by molar-refractivity contribution is 0.103. The number of nitrogens with zero attached hydrogens (tertiary/aromatic N) is 3. The molecule has 2 aromatic heterocycles. The number of nitrogen functional groups attached to an aromatic ring is 1. The Hall–Kier alpha value is -4.35. The van der Waals surface area contributed by atoms with Gasteiger partial charge in [-0.1, -0.05) is 22.0 Å². The van der Waals surface area contributed by atoms with E-state index < -0.39 is 0 Å². The molecular weight excluding hydrogens is 482 g/mol. The number of carbonyl (C=O) groups excluding carboxylic acids is 1. The van der Waals surface area contributed by atoms with Crippen LogP contribution in [-0.4, -0.2) is 20.5 Å². The van der Waals surface area contributed by atoms with Gasteiger partial charge in [-0.25, -0.2) is 4.68 Å². The fourth-order valence-electron chi connectivity index (χ4n) is 3.53. The second-order valence-electron chi connectivity index (χ2n) is 7.33. The summed E-state index contributed by atoms with van der Waals surface area (Å²) >= 11 is 3.44. The largest absolute Gasteiger partial charge is 0.457 e. The van der Waals surface area contributed by atoms with Crippen LogP contribution in [0.1, 0.15) is 21.6 Å². The molecule has 3 N–H and O–H groups in total. The number of fused-ring (bicyclic) bond motifs is 1. The molecule has 3 aromatic carbocycles. The Labute approximate surface area is 197 Å². The van der Waals surface area contributed by atoms with Crippen LogP contribution in [0.15, 0.2) is 83.5 Å². The highest BCUT2D eigenvalue weighted by Gasteiger charge is 2.19. The van der Waals surface area contributed by atoms with E-state index in [1.165, 1.54) is 10.9 Å². The molecule has 5 rings (SSSR count). The van der Waals surface area contributed by atoms with Crippen molar-refractivity contribution in [3.8, 4) is 23.3 Å². The lowest BCUT2D eigenvalue weighted by Gasteiger charge is -2.08. The molecule has 5 aromatic rings. The predicted octanol–water partition coefficient (Wildman–Crippen LogP) is 5.59. The van der Waals surface area contributed by atoms with Crippen molar-refractivity contribution in [3.05, 3.63) is 100 Å². The molecule has 0 aliphatic heterocycles. The van der Waals surface area contributed by atoms with Crippen LogP contribution >= 0.6 is 15.9 Å². The van der Waals surface area contributed by atoms with E-state index >= 15 is 0 Å². The minimum atomic E-state index is -0.233. The molecule has 33 heavy (non-hydrogen) atoms. The van der Waals surface area contributed by atoms with Crippen molar-refractivity contribution in [2.24, 2.45) is 0 Å². The van der Waals surface area contributed by atoms with Gasteiger partial charge in [-0.2, -0.15) is 10.4 Å². The van der Waals surface area contributed by atoms with Crippen molar-refractivity contribution in [1.29, 1.82) is 5.26 Å². The number of benzene rings is 3. The normalized spacial score (nSPS) is 10.8. The third-order valence-electron chi connectivity index (χ3n) is 5.16. The summed E-state index contributed by atoms with van der Waals surface area (Å²) in [5, 5.41) is 14.3. The standard InChI is InChI=1S/C25H16BrN5O2/c26-17-4-9-22-16(11-17)12-23(30-22)24(32)21-14-29-31(25(21)28)18-5-7-19(8-6-18)33-20-3-1-2-15(10-20)13-27/h1-12,14,30H,28H2. The average Bonchev–Trinajstić information content (AvgIpc) is 3.42. The first-order chi connectivity index (χ1) is 16.0. The fourth-order valence-corrected chi connectivity index (χ4v) is 3.91. The van der Waals surface area contributed by atoms with Crippen molar-refractivity contribution in [3.63, 3.8) is 0 Å². The number of nitrogens with one attached hydrogen (secondary N) is 1. The van der Waals surface area contributed by atoms with Crippen LogP contribution in [0.3, 0.4) is 0 Å². The number of nitriles is 1. The number of carbonyl (C=O) groups is 1. The van der Waals surface area contributed by atoms with Gasteiger partial charge in [-0.05, 0) is 66.7 Å². The van der Waals surface area contributed by atoms with Gasteiger partial charge in [-0.15, -0.1) is 0 Å². The summed E-state index contributed by atoms with van der Waals surface area (Å²) in [6.45, 7) is 0. The zero-order valence-electron chi connectivity index (χ0n) is 17.1. The monoisotopic (exact) mass is 497 g/mol. The van der Waals surface area contributed by atoms with Gasteiger partial charge < -0.3 is 15.5 Å². The van der Waals surface area contributed by atoms with Gasteiger partial charge in [0, 0.05) is 15.4 Å². The van der Waals surface area contributed by atoms with Gasteiger partial charge in [0.2, 0.25) is 5.78 Å². The van der Waals surface area contributed by atoms with Crippen molar-refractivity contribution in [2.75, 3.05) is 5.73 Å². The Balaban J connectivity index is 1.39. The number of ketones is 1. The lowest BCUT2D eigenvalue weighted by atomic mass is 10.1. The highest BCUT2D eigenvalue weighted by molar-refractivity contribution is 9.10. The maximum Gasteiger partial charge on any atom is 0.214 e. The van der Waals surface area contributed by atoms with E-state index in [2.05, 4.69) is 32.1 Å². The quantitative estimate of drug-likeness (QED) is 0.307. The molecule has 0 saturated carbocycles. The van der Waals surface area contributed by atoms with E-state index in [-0.39, 0.29) is 11.6 Å². The third kappa shape index (κ3) is 3.97. The van der Waals surface area contributed by atoms with Crippen LogP contribution in [0.25, 0.3) is 16.6 Å². The van der Waals surface area contributed by atoms with Crippen LogP contribution in [-0.2, 0) is 0 Å². The fraction of sp³-hybridized carbons (Fsp3) is 0. The number of ether oxygens (including phenoxy) is 1. The summed E-state index contributed by atoms with van der Waals surface area (Å²) in [4.78, 5) is 16.2.